The van der Waals surface area contributed by atoms with Crippen LogP contribution in [0.2, 0.25) is 0 Å². The first-order chi connectivity index (χ1) is 7.80. The van der Waals surface area contributed by atoms with Gasteiger partial charge < -0.3 is 10.8 Å². The summed E-state index contributed by atoms with van der Waals surface area (Å²) in [6.07, 6.45) is -1.98. The van der Waals surface area contributed by atoms with E-state index in [1.54, 1.807) is 0 Å². The monoisotopic (exact) mass is 245 g/mol. The van der Waals surface area contributed by atoms with Gasteiger partial charge in [-0.15, -0.1) is 0 Å². The minimum Gasteiger partial charge on any atom is -0.507 e. The van der Waals surface area contributed by atoms with E-state index in [9.17, 15) is 18.0 Å². The smallest absolute Gasteiger partial charge is 0.419 e. The number of halogens is 3. The van der Waals surface area contributed by atoms with Crippen LogP contribution in [-0.4, -0.2) is 11.0 Å². The van der Waals surface area contributed by atoms with E-state index < -0.39 is 23.4 Å². The van der Waals surface area contributed by atoms with Crippen LogP contribution in [0.1, 0.15) is 17.5 Å². The Hall–Kier alpha value is -1.98. The van der Waals surface area contributed by atoms with Crippen LogP contribution in [0.3, 0.4) is 0 Å². The Morgan fingerprint density at radius 3 is 2.59 bits per heavy atom. The number of rotatable bonds is 3. The maximum atomic E-state index is 12.4. The summed E-state index contributed by atoms with van der Waals surface area (Å²) in [4.78, 5) is 10.4. The lowest BCUT2D eigenvalue weighted by Gasteiger charge is -2.09. The van der Waals surface area contributed by atoms with Gasteiger partial charge in [0.05, 0.1) is 5.56 Å². The number of carbonyl (C=O) groups excluding carboxylic acids is 1. The van der Waals surface area contributed by atoms with Crippen LogP contribution in [0.15, 0.2) is 24.3 Å². The number of hydrogen-bond donors (Lipinski definition) is 2. The standard InChI is InChI=1S/C11H10F3NO2/c12-11(13,14)8-6-7(4-5-9(8)16)2-1-3-10(15)17/h1-2,4-6,16H,3H2,(H2,15,17). The lowest BCUT2D eigenvalue weighted by molar-refractivity contribution is -0.138. The highest BCUT2D eigenvalue weighted by molar-refractivity contribution is 5.76. The second-order valence-corrected chi connectivity index (χ2v) is 3.35. The van der Waals surface area contributed by atoms with Crippen molar-refractivity contribution in [1.82, 2.24) is 0 Å². The van der Waals surface area contributed by atoms with E-state index in [-0.39, 0.29) is 12.0 Å². The fourth-order valence-corrected chi connectivity index (χ4v) is 1.20. The molecule has 3 nitrogen and oxygen atoms in total. The maximum absolute atomic E-state index is 12.4. The summed E-state index contributed by atoms with van der Waals surface area (Å²) in [7, 11) is 0. The van der Waals surface area contributed by atoms with Crippen molar-refractivity contribution in [2.45, 2.75) is 12.6 Å². The van der Waals surface area contributed by atoms with Crippen molar-refractivity contribution in [2.75, 3.05) is 0 Å². The summed E-state index contributed by atoms with van der Waals surface area (Å²) in [6, 6.07) is 3.06. The topological polar surface area (TPSA) is 63.3 Å². The third-order valence-corrected chi connectivity index (χ3v) is 1.96. The minimum absolute atomic E-state index is 0.0533. The van der Waals surface area contributed by atoms with Crippen LogP contribution in [-0.2, 0) is 11.0 Å². The van der Waals surface area contributed by atoms with Crippen molar-refractivity contribution in [3.63, 3.8) is 0 Å². The average molecular weight is 245 g/mol. The summed E-state index contributed by atoms with van der Waals surface area (Å²) in [5.74, 6) is -1.40. The molecule has 3 N–H and O–H groups in total. The number of carbonyl (C=O) groups is 1. The SMILES string of the molecule is NC(=O)CC=Cc1ccc(O)c(C(F)(F)F)c1. The molecule has 17 heavy (non-hydrogen) atoms. The molecule has 1 aromatic carbocycles. The van der Waals surface area contributed by atoms with Gasteiger partial charge in [0.25, 0.3) is 0 Å². The number of primary amides is 1. The summed E-state index contributed by atoms with van der Waals surface area (Å²) in [5, 5.41) is 9.07. The number of aromatic hydroxyl groups is 1. The Morgan fingerprint density at radius 1 is 1.41 bits per heavy atom. The van der Waals surface area contributed by atoms with Crippen molar-refractivity contribution < 1.29 is 23.1 Å². The number of benzene rings is 1. The molecule has 0 spiro atoms. The molecule has 0 aliphatic carbocycles. The fraction of sp³-hybridized carbons (Fsp3) is 0.182. The molecule has 0 aliphatic rings. The fourth-order valence-electron chi connectivity index (χ4n) is 1.20. The van der Waals surface area contributed by atoms with Gasteiger partial charge in [0.2, 0.25) is 5.91 Å². The summed E-state index contributed by atoms with van der Waals surface area (Å²) in [5.41, 5.74) is 3.99. The summed E-state index contributed by atoms with van der Waals surface area (Å²) in [6.45, 7) is 0. The average Bonchev–Trinajstić information content (AvgIpc) is 2.18. The molecule has 1 amide bonds. The quantitative estimate of drug-likeness (QED) is 0.858. The predicted octanol–water partition coefficient (Wildman–Crippen LogP) is 2.30. The molecule has 0 saturated carbocycles. The highest BCUT2D eigenvalue weighted by Crippen LogP contribution is 2.36. The second-order valence-electron chi connectivity index (χ2n) is 3.35. The first kappa shape index (κ1) is 13.1. The molecule has 0 aliphatic heterocycles. The van der Waals surface area contributed by atoms with E-state index in [0.29, 0.717) is 0 Å². The van der Waals surface area contributed by atoms with Crippen LogP contribution < -0.4 is 5.73 Å². The molecular formula is C11H10F3NO2. The number of hydrogen-bond acceptors (Lipinski definition) is 2. The van der Waals surface area contributed by atoms with Gasteiger partial charge in [-0.05, 0) is 17.7 Å². The third-order valence-electron chi connectivity index (χ3n) is 1.96. The van der Waals surface area contributed by atoms with E-state index in [2.05, 4.69) is 0 Å². The molecule has 0 bridgehead atoms. The van der Waals surface area contributed by atoms with E-state index in [1.807, 2.05) is 0 Å². The van der Waals surface area contributed by atoms with Gasteiger partial charge >= 0.3 is 6.18 Å². The van der Waals surface area contributed by atoms with Crippen molar-refractivity contribution in [2.24, 2.45) is 5.73 Å². The molecular weight excluding hydrogens is 235 g/mol. The zero-order valence-electron chi connectivity index (χ0n) is 8.66. The first-order valence-electron chi connectivity index (χ1n) is 4.66. The summed E-state index contributed by atoms with van der Waals surface area (Å²) >= 11 is 0. The van der Waals surface area contributed by atoms with Crippen LogP contribution in [0.25, 0.3) is 6.08 Å². The number of amides is 1. The minimum atomic E-state index is -4.61. The number of alkyl halides is 3. The summed E-state index contributed by atoms with van der Waals surface area (Å²) < 4.78 is 37.3. The van der Waals surface area contributed by atoms with Gasteiger partial charge in [-0.2, -0.15) is 13.2 Å². The molecule has 92 valence electrons. The molecule has 0 aromatic heterocycles. The molecule has 6 heteroatoms. The lowest BCUT2D eigenvalue weighted by atomic mass is 10.1. The van der Waals surface area contributed by atoms with Gasteiger partial charge in [-0.25, -0.2) is 0 Å². The maximum Gasteiger partial charge on any atom is 0.419 e. The lowest BCUT2D eigenvalue weighted by Crippen LogP contribution is -2.08. The zero-order valence-corrected chi connectivity index (χ0v) is 8.66. The van der Waals surface area contributed by atoms with Crippen LogP contribution in [0.5, 0.6) is 5.75 Å². The largest absolute Gasteiger partial charge is 0.507 e. The number of phenolic OH excluding ortho intramolecular Hbond substituents is 1. The van der Waals surface area contributed by atoms with Crippen LogP contribution in [0, 0.1) is 0 Å². The van der Waals surface area contributed by atoms with Gasteiger partial charge in [-0.3, -0.25) is 4.79 Å². The third kappa shape index (κ3) is 3.82. The first-order valence-corrected chi connectivity index (χ1v) is 4.66. The Morgan fingerprint density at radius 2 is 2.06 bits per heavy atom. The Labute approximate surface area is 95.4 Å². The normalized spacial score (nSPS) is 11.9. The number of nitrogens with two attached hydrogens (primary N) is 1. The molecule has 0 fully saturated rings. The molecule has 0 unspecified atom stereocenters. The Balaban J connectivity index is 2.97. The van der Waals surface area contributed by atoms with Gasteiger partial charge in [0.15, 0.2) is 0 Å². The van der Waals surface area contributed by atoms with Crippen molar-refractivity contribution in [3.8, 4) is 5.75 Å². The van der Waals surface area contributed by atoms with E-state index in [4.69, 9.17) is 10.8 Å². The Bertz CT molecular complexity index is 453. The molecule has 1 aromatic rings. The van der Waals surface area contributed by atoms with Crippen LogP contribution >= 0.6 is 0 Å². The molecule has 0 saturated heterocycles. The van der Waals surface area contributed by atoms with E-state index in [1.165, 1.54) is 18.2 Å². The molecule has 0 atom stereocenters. The van der Waals surface area contributed by atoms with Gasteiger partial charge in [-0.1, -0.05) is 18.2 Å². The zero-order chi connectivity index (χ0) is 13.1. The molecule has 0 radical (unpaired) electrons. The highest BCUT2D eigenvalue weighted by atomic mass is 19.4. The second kappa shape index (κ2) is 4.90. The highest BCUT2D eigenvalue weighted by Gasteiger charge is 2.33. The van der Waals surface area contributed by atoms with E-state index in [0.717, 1.165) is 12.1 Å². The number of phenols is 1. The molecule has 1 rings (SSSR count). The van der Waals surface area contributed by atoms with Gasteiger partial charge in [0, 0.05) is 6.42 Å². The van der Waals surface area contributed by atoms with Crippen molar-refractivity contribution in [3.05, 3.63) is 35.4 Å². The van der Waals surface area contributed by atoms with Crippen molar-refractivity contribution in [1.29, 1.82) is 0 Å². The molecule has 0 heterocycles. The Kier molecular flexibility index (Phi) is 3.77. The van der Waals surface area contributed by atoms with E-state index >= 15 is 0 Å². The van der Waals surface area contributed by atoms with Gasteiger partial charge in [0.1, 0.15) is 5.75 Å². The predicted molar refractivity (Wildman–Crippen MR) is 56.0 cm³/mol. The van der Waals surface area contributed by atoms with Crippen molar-refractivity contribution >= 4 is 12.0 Å². The van der Waals surface area contributed by atoms with Crippen LogP contribution in [0.4, 0.5) is 13.2 Å².